The van der Waals surface area contributed by atoms with Crippen LogP contribution in [0.5, 0.6) is 5.75 Å². The average molecular weight is 478 g/mol. The fraction of sp³-hybridized carbons (Fsp3) is 0.391. The molecule has 7 nitrogen and oxygen atoms in total. The van der Waals surface area contributed by atoms with Crippen molar-refractivity contribution in [3.05, 3.63) is 54.1 Å². The third kappa shape index (κ3) is 7.89. The second-order valence-electron chi connectivity index (χ2n) is 7.41. The summed E-state index contributed by atoms with van der Waals surface area (Å²) in [6.07, 6.45) is 3.77. The lowest BCUT2D eigenvalue weighted by atomic mass is 10.2. The number of anilines is 1. The van der Waals surface area contributed by atoms with Crippen molar-refractivity contribution in [1.29, 1.82) is 0 Å². The third-order valence-corrected chi connectivity index (χ3v) is 6.56. The van der Waals surface area contributed by atoms with E-state index in [0.717, 1.165) is 19.3 Å². The van der Waals surface area contributed by atoms with Crippen molar-refractivity contribution < 1.29 is 17.9 Å². The zero-order chi connectivity index (χ0) is 23.6. The fourth-order valence-electron chi connectivity index (χ4n) is 2.78. The first kappa shape index (κ1) is 25.8. The molecule has 0 fully saturated rings. The van der Waals surface area contributed by atoms with Gasteiger partial charge < -0.3 is 10.1 Å². The Morgan fingerprint density at radius 1 is 1.06 bits per heavy atom. The predicted molar refractivity (Wildman–Crippen MR) is 132 cm³/mol. The zero-order valence-electron chi connectivity index (χ0n) is 18.7. The normalized spacial score (nSPS) is 12.1. The molecule has 0 aliphatic rings. The van der Waals surface area contributed by atoms with Gasteiger partial charge in [-0.25, -0.2) is 13.1 Å². The molecule has 0 aliphatic heterocycles. The first-order chi connectivity index (χ1) is 15.3. The van der Waals surface area contributed by atoms with Gasteiger partial charge in [-0.05, 0) is 68.4 Å². The zero-order valence-corrected chi connectivity index (χ0v) is 20.3. The number of carbonyl (C=O) groups is 1. The van der Waals surface area contributed by atoms with E-state index < -0.39 is 10.0 Å². The van der Waals surface area contributed by atoms with E-state index in [-0.39, 0.29) is 22.0 Å². The molecule has 0 aromatic heterocycles. The number of ether oxygens (including phenoxy) is 1. The van der Waals surface area contributed by atoms with Crippen molar-refractivity contribution in [3.8, 4) is 5.75 Å². The van der Waals surface area contributed by atoms with Gasteiger partial charge in [0.05, 0.1) is 17.1 Å². The number of thiocarbonyl (C=S) groups is 1. The van der Waals surface area contributed by atoms with Gasteiger partial charge in [0, 0.05) is 11.7 Å². The summed E-state index contributed by atoms with van der Waals surface area (Å²) in [6, 6.07) is 13.0. The molecule has 0 heterocycles. The molecular weight excluding hydrogens is 446 g/mol. The molecule has 1 unspecified atom stereocenters. The van der Waals surface area contributed by atoms with Crippen LogP contribution in [-0.2, 0) is 10.0 Å². The Bertz CT molecular complexity index is 1010. The molecular formula is C23H31N3O4S2. The maximum atomic E-state index is 12.7. The van der Waals surface area contributed by atoms with Crippen molar-refractivity contribution in [3.63, 3.8) is 0 Å². The monoisotopic (exact) mass is 477 g/mol. The van der Waals surface area contributed by atoms with Gasteiger partial charge in [-0.3, -0.25) is 10.1 Å². The Morgan fingerprint density at radius 2 is 1.75 bits per heavy atom. The standard InChI is InChI=1S/C23H31N3O4S2/c1-4-6-9-16-30-21-11-8-7-10-20(21)22(27)25-23(31)24-18-12-14-19(15-13-18)32(28,29)26-17(3)5-2/h7-8,10-15,17,26H,4-6,9,16H2,1-3H3,(H2,24,25,27,31). The van der Waals surface area contributed by atoms with E-state index in [9.17, 15) is 13.2 Å². The highest BCUT2D eigenvalue weighted by Gasteiger charge is 2.17. The summed E-state index contributed by atoms with van der Waals surface area (Å²) in [7, 11) is -3.58. The Balaban J connectivity index is 1.97. The molecule has 0 aliphatic carbocycles. The van der Waals surface area contributed by atoms with E-state index in [0.29, 0.717) is 30.0 Å². The van der Waals surface area contributed by atoms with Crippen LogP contribution >= 0.6 is 12.2 Å². The van der Waals surface area contributed by atoms with Crippen LogP contribution in [0.15, 0.2) is 53.4 Å². The molecule has 174 valence electrons. The van der Waals surface area contributed by atoms with Crippen molar-refractivity contribution >= 4 is 38.9 Å². The van der Waals surface area contributed by atoms with Crippen molar-refractivity contribution in [2.24, 2.45) is 0 Å². The Morgan fingerprint density at radius 3 is 2.41 bits per heavy atom. The summed E-state index contributed by atoms with van der Waals surface area (Å²) < 4.78 is 33.1. The van der Waals surface area contributed by atoms with Crippen molar-refractivity contribution in [2.45, 2.75) is 57.4 Å². The first-order valence-corrected chi connectivity index (χ1v) is 12.6. The smallest absolute Gasteiger partial charge is 0.261 e. The highest BCUT2D eigenvalue weighted by atomic mass is 32.2. The summed E-state index contributed by atoms with van der Waals surface area (Å²) in [5, 5.41) is 5.63. The molecule has 0 saturated carbocycles. The number of para-hydroxylation sites is 1. The molecule has 1 atom stereocenters. The lowest BCUT2D eigenvalue weighted by molar-refractivity contribution is 0.0973. The van der Waals surface area contributed by atoms with Crippen LogP contribution in [-0.4, -0.2) is 32.1 Å². The molecule has 0 radical (unpaired) electrons. The number of carbonyl (C=O) groups excluding carboxylic acids is 1. The van der Waals surface area contributed by atoms with Crippen LogP contribution in [0.3, 0.4) is 0 Å². The van der Waals surface area contributed by atoms with Crippen LogP contribution in [0.2, 0.25) is 0 Å². The van der Waals surface area contributed by atoms with Gasteiger partial charge in [0.25, 0.3) is 5.91 Å². The molecule has 2 aromatic carbocycles. The maximum Gasteiger partial charge on any atom is 0.261 e. The van der Waals surface area contributed by atoms with Gasteiger partial charge in [0.15, 0.2) is 5.11 Å². The largest absolute Gasteiger partial charge is 0.493 e. The van der Waals surface area contributed by atoms with Crippen molar-refractivity contribution in [1.82, 2.24) is 10.0 Å². The lowest BCUT2D eigenvalue weighted by Crippen LogP contribution is -2.34. The second-order valence-corrected chi connectivity index (χ2v) is 9.54. The Labute approximate surface area is 196 Å². The molecule has 1 amide bonds. The number of benzene rings is 2. The van der Waals surface area contributed by atoms with Crippen LogP contribution < -0.4 is 20.1 Å². The molecule has 32 heavy (non-hydrogen) atoms. The Kier molecular flexibility index (Phi) is 10.1. The third-order valence-electron chi connectivity index (χ3n) is 4.76. The van der Waals surface area contributed by atoms with Gasteiger partial charge in [-0.1, -0.05) is 38.8 Å². The Hall–Kier alpha value is -2.49. The number of sulfonamides is 1. The van der Waals surface area contributed by atoms with Crippen molar-refractivity contribution in [2.75, 3.05) is 11.9 Å². The van der Waals surface area contributed by atoms with Crippen LogP contribution in [0, 0.1) is 0 Å². The van der Waals surface area contributed by atoms with Gasteiger partial charge in [-0.15, -0.1) is 0 Å². The molecule has 0 spiro atoms. The lowest BCUT2D eigenvalue weighted by Gasteiger charge is -2.14. The highest BCUT2D eigenvalue weighted by Crippen LogP contribution is 2.19. The van der Waals surface area contributed by atoms with E-state index in [1.165, 1.54) is 12.1 Å². The van der Waals surface area contributed by atoms with E-state index in [1.54, 1.807) is 30.3 Å². The van der Waals surface area contributed by atoms with E-state index in [4.69, 9.17) is 17.0 Å². The topological polar surface area (TPSA) is 96.5 Å². The summed E-state index contributed by atoms with van der Waals surface area (Å²) in [5.41, 5.74) is 0.951. The molecule has 0 saturated heterocycles. The first-order valence-electron chi connectivity index (χ1n) is 10.7. The highest BCUT2D eigenvalue weighted by molar-refractivity contribution is 7.89. The number of hydrogen-bond donors (Lipinski definition) is 3. The summed E-state index contributed by atoms with van der Waals surface area (Å²) in [5.74, 6) is 0.123. The minimum atomic E-state index is -3.58. The van der Waals surface area contributed by atoms with Gasteiger partial charge >= 0.3 is 0 Å². The van der Waals surface area contributed by atoms with E-state index >= 15 is 0 Å². The minimum Gasteiger partial charge on any atom is -0.493 e. The average Bonchev–Trinajstić information content (AvgIpc) is 2.77. The number of amides is 1. The summed E-state index contributed by atoms with van der Waals surface area (Å²) in [6.45, 7) is 6.38. The quantitative estimate of drug-likeness (QED) is 0.327. The van der Waals surface area contributed by atoms with Gasteiger partial charge in [-0.2, -0.15) is 0 Å². The molecule has 0 bridgehead atoms. The minimum absolute atomic E-state index is 0.101. The number of unbranched alkanes of at least 4 members (excludes halogenated alkanes) is 2. The number of rotatable bonds is 11. The maximum absolute atomic E-state index is 12.7. The molecule has 2 aromatic rings. The molecule has 2 rings (SSSR count). The van der Waals surface area contributed by atoms with E-state index in [2.05, 4.69) is 22.3 Å². The number of nitrogens with one attached hydrogen (secondary N) is 3. The molecule has 3 N–H and O–H groups in total. The fourth-order valence-corrected chi connectivity index (χ4v) is 4.32. The summed E-state index contributed by atoms with van der Waals surface area (Å²) in [4.78, 5) is 12.8. The van der Waals surface area contributed by atoms with Crippen LogP contribution in [0.4, 0.5) is 5.69 Å². The predicted octanol–water partition coefficient (Wildman–Crippen LogP) is 4.46. The van der Waals surface area contributed by atoms with Crippen LogP contribution in [0.25, 0.3) is 0 Å². The van der Waals surface area contributed by atoms with Gasteiger partial charge in [0.2, 0.25) is 10.0 Å². The SMILES string of the molecule is CCCCCOc1ccccc1C(=O)NC(=S)Nc1ccc(S(=O)(=O)NC(C)CC)cc1. The summed E-state index contributed by atoms with van der Waals surface area (Å²) >= 11 is 5.24. The van der Waals surface area contributed by atoms with Gasteiger partial charge in [0.1, 0.15) is 5.75 Å². The molecule has 9 heteroatoms. The number of hydrogen-bond acceptors (Lipinski definition) is 5. The van der Waals surface area contributed by atoms with Crippen LogP contribution in [0.1, 0.15) is 56.8 Å². The van der Waals surface area contributed by atoms with E-state index in [1.807, 2.05) is 19.9 Å². The second kappa shape index (κ2) is 12.5.